The van der Waals surface area contributed by atoms with Gasteiger partial charge in [0, 0.05) is 19.3 Å². The van der Waals surface area contributed by atoms with E-state index in [1.54, 1.807) is 0 Å². The highest BCUT2D eigenvalue weighted by Gasteiger charge is 2.19. The number of carbonyl (C=O) groups excluding carboxylic acids is 3. The van der Waals surface area contributed by atoms with E-state index in [4.69, 9.17) is 14.2 Å². The Balaban J connectivity index is 4.43. The first-order valence-corrected chi connectivity index (χ1v) is 33.7. The van der Waals surface area contributed by atoms with Gasteiger partial charge in [-0.25, -0.2) is 0 Å². The van der Waals surface area contributed by atoms with Crippen molar-refractivity contribution in [2.24, 2.45) is 0 Å². The van der Waals surface area contributed by atoms with Crippen LogP contribution in [0, 0.1) is 0 Å². The topological polar surface area (TPSA) is 78.9 Å². The summed E-state index contributed by atoms with van der Waals surface area (Å²) >= 11 is 0. The molecule has 1 unspecified atom stereocenters. The standard InChI is InChI=1S/C73H126O6/c1-4-7-10-13-16-19-22-25-28-31-33-35-36-37-38-39-41-42-45-48-51-54-57-60-63-66-72(75)78-69-70(68-77-71(74)65-62-59-56-53-50-47-44-30-27-24-21-18-15-12-9-6-3)79-73(76)67-64-61-58-55-52-49-46-43-40-34-32-29-26-23-20-17-14-11-8-5-2/h7,10,16,19,25,28,30,33,35,37-38,41-42,44,48,51,70H,4-6,8-9,11-15,17-18,20-24,26-27,29,31-32,34,36,39-40,43,45-47,49-50,52-69H2,1-3H3/b10-7-,19-16-,28-25-,35-33-,38-37-,42-41-,44-30-,51-48-. The SMILES string of the molecule is CC/C=C\C/C=C\C/C=C\C/C=C\C/C=C\C/C=C\C/C=C\CCCCCC(=O)OCC(COC(=O)CCCCCCC/C=C\CCCCCCCCC)OC(=O)CCCCCCCCCCCCCCCCCCCCCC. The molecule has 0 heterocycles. The van der Waals surface area contributed by atoms with E-state index in [2.05, 4.69) is 118 Å². The Morgan fingerprint density at radius 2 is 0.494 bits per heavy atom. The number of ether oxygens (including phenoxy) is 3. The molecule has 0 radical (unpaired) electrons. The van der Waals surface area contributed by atoms with Crippen molar-refractivity contribution in [3.05, 3.63) is 97.2 Å². The van der Waals surface area contributed by atoms with Crippen molar-refractivity contribution in [3.8, 4) is 0 Å². The summed E-state index contributed by atoms with van der Waals surface area (Å²) < 4.78 is 16.9. The summed E-state index contributed by atoms with van der Waals surface area (Å²) in [5.74, 6) is -0.916. The third kappa shape index (κ3) is 65.0. The van der Waals surface area contributed by atoms with Crippen LogP contribution in [0.15, 0.2) is 97.2 Å². The monoisotopic (exact) mass is 1100 g/mol. The summed E-state index contributed by atoms with van der Waals surface area (Å²) in [7, 11) is 0. The van der Waals surface area contributed by atoms with E-state index in [1.165, 1.54) is 173 Å². The largest absolute Gasteiger partial charge is 0.462 e. The van der Waals surface area contributed by atoms with Crippen molar-refractivity contribution in [2.75, 3.05) is 13.2 Å². The number of hydrogen-bond acceptors (Lipinski definition) is 6. The van der Waals surface area contributed by atoms with Crippen molar-refractivity contribution in [1.82, 2.24) is 0 Å². The van der Waals surface area contributed by atoms with Gasteiger partial charge in [0.2, 0.25) is 0 Å². The van der Waals surface area contributed by atoms with E-state index in [-0.39, 0.29) is 31.1 Å². The first-order valence-electron chi connectivity index (χ1n) is 33.7. The molecule has 0 saturated carbocycles. The summed E-state index contributed by atoms with van der Waals surface area (Å²) in [6.45, 7) is 6.53. The first kappa shape index (κ1) is 75.3. The Morgan fingerprint density at radius 1 is 0.266 bits per heavy atom. The van der Waals surface area contributed by atoms with Crippen LogP contribution in [-0.2, 0) is 28.6 Å². The Labute approximate surface area is 489 Å². The molecule has 0 aliphatic heterocycles. The predicted molar refractivity (Wildman–Crippen MR) is 344 cm³/mol. The van der Waals surface area contributed by atoms with Crippen LogP contribution in [0.2, 0.25) is 0 Å². The summed E-state index contributed by atoms with van der Waals surface area (Å²) in [5.41, 5.74) is 0. The van der Waals surface area contributed by atoms with Gasteiger partial charge < -0.3 is 14.2 Å². The van der Waals surface area contributed by atoms with Gasteiger partial charge in [0.05, 0.1) is 0 Å². The Kier molecular flexibility index (Phi) is 63.7. The lowest BCUT2D eigenvalue weighted by Crippen LogP contribution is -2.30. The van der Waals surface area contributed by atoms with Crippen LogP contribution in [0.1, 0.15) is 329 Å². The number of rotatable bonds is 61. The zero-order valence-corrected chi connectivity index (χ0v) is 52.1. The quantitative estimate of drug-likeness (QED) is 0.0261. The van der Waals surface area contributed by atoms with E-state index in [0.29, 0.717) is 19.3 Å². The van der Waals surface area contributed by atoms with E-state index < -0.39 is 6.10 Å². The van der Waals surface area contributed by atoms with Gasteiger partial charge >= 0.3 is 17.9 Å². The molecule has 454 valence electrons. The zero-order valence-electron chi connectivity index (χ0n) is 52.1. The van der Waals surface area contributed by atoms with Crippen molar-refractivity contribution < 1.29 is 28.6 Å². The molecule has 6 heteroatoms. The average Bonchev–Trinajstić information content (AvgIpc) is 3.45. The molecule has 0 bridgehead atoms. The van der Waals surface area contributed by atoms with Crippen LogP contribution in [0.5, 0.6) is 0 Å². The van der Waals surface area contributed by atoms with Crippen molar-refractivity contribution in [1.29, 1.82) is 0 Å². The molecule has 0 fully saturated rings. The van der Waals surface area contributed by atoms with Crippen molar-refractivity contribution >= 4 is 17.9 Å². The second-order valence-corrected chi connectivity index (χ2v) is 22.4. The minimum absolute atomic E-state index is 0.0901. The van der Waals surface area contributed by atoms with Gasteiger partial charge in [-0.1, -0.05) is 304 Å². The second-order valence-electron chi connectivity index (χ2n) is 22.4. The molecule has 6 nitrogen and oxygen atoms in total. The molecule has 0 N–H and O–H groups in total. The maximum atomic E-state index is 12.9. The number of carbonyl (C=O) groups is 3. The molecule has 0 saturated heterocycles. The highest BCUT2D eigenvalue weighted by molar-refractivity contribution is 5.71. The average molecular weight is 1100 g/mol. The normalized spacial score (nSPS) is 12.7. The summed E-state index contributed by atoms with van der Waals surface area (Å²) in [6.07, 6.45) is 89.9. The highest BCUT2D eigenvalue weighted by Crippen LogP contribution is 2.17. The van der Waals surface area contributed by atoms with E-state index >= 15 is 0 Å². The minimum atomic E-state index is -0.796. The molecule has 0 rings (SSSR count). The van der Waals surface area contributed by atoms with Crippen LogP contribution < -0.4 is 0 Å². The number of allylic oxidation sites excluding steroid dienone is 16. The van der Waals surface area contributed by atoms with Crippen molar-refractivity contribution in [2.45, 2.75) is 335 Å². The van der Waals surface area contributed by atoms with Crippen LogP contribution in [0.4, 0.5) is 0 Å². The zero-order chi connectivity index (χ0) is 57.1. The molecule has 0 amide bonds. The lowest BCUT2D eigenvalue weighted by molar-refractivity contribution is -0.167. The van der Waals surface area contributed by atoms with Crippen LogP contribution in [-0.4, -0.2) is 37.2 Å². The van der Waals surface area contributed by atoms with Crippen LogP contribution in [0.25, 0.3) is 0 Å². The molecular weight excluding hydrogens is 973 g/mol. The van der Waals surface area contributed by atoms with E-state index in [1.807, 2.05) is 0 Å². The fourth-order valence-corrected chi connectivity index (χ4v) is 9.54. The molecule has 79 heavy (non-hydrogen) atoms. The molecule has 0 spiro atoms. The summed E-state index contributed by atoms with van der Waals surface area (Å²) in [6, 6.07) is 0. The third-order valence-corrected chi connectivity index (χ3v) is 14.6. The summed E-state index contributed by atoms with van der Waals surface area (Å²) in [4.78, 5) is 38.4. The fourth-order valence-electron chi connectivity index (χ4n) is 9.54. The molecule has 0 aliphatic rings. The van der Waals surface area contributed by atoms with Gasteiger partial charge in [-0.3, -0.25) is 14.4 Å². The maximum Gasteiger partial charge on any atom is 0.306 e. The van der Waals surface area contributed by atoms with E-state index in [9.17, 15) is 14.4 Å². The van der Waals surface area contributed by atoms with Gasteiger partial charge in [-0.05, 0) is 103 Å². The molecular formula is C73H126O6. The number of unbranched alkanes of at least 4 members (excludes halogenated alkanes) is 34. The minimum Gasteiger partial charge on any atom is -0.462 e. The van der Waals surface area contributed by atoms with Crippen molar-refractivity contribution in [3.63, 3.8) is 0 Å². The Bertz CT molecular complexity index is 1540. The molecule has 0 aliphatic carbocycles. The van der Waals surface area contributed by atoms with E-state index in [0.717, 1.165) is 116 Å². The highest BCUT2D eigenvalue weighted by atomic mass is 16.6. The van der Waals surface area contributed by atoms with Gasteiger partial charge in [-0.15, -0.1) is 0 Å². The predicted octanol–water partition coefficient (Wildman–Crippen LogP) is 23.2. The van der Waals surface area contributed by atoms with Gasteiger partial charge in [0.1, 0.15) is 13.2 Å². The summed E-state index contributed by atoms with van der Waals surface area (Å²) in [5, 5.41) is 0. The Hall–Kier alpha value is -3.67. The van der Waals surface area contributed by atoms with Gasteiger partial charge in [-0.2, -0.15) is 0 Å². The number of esters is 3. The van der Waals surface area contributed by atoms with Gasteiger partial charge in [0.15, 0.2) is 6.10 Å². The lowest BCUT2D eigenvalue weighted by atomic mass is 10.0. The van der Waals surface area contributed by atoms with Crippen LogP contribution >= 0.6 is 0 Å². The Morgan fingerprint density at radius 3 is 0.797 bits per heavy atom. The van der Waals surface area contributed by atoms with Gasteiger partial charge in [0.25, 0.3) is 0 Å². The fraction of sp³-hybridized carbons (Fsp3) is 0.740. The molecule has 0 aromatic heterocycles. The second kappa shape index (κ2) is 66.8. The first-order chi connectivity index (χ1) is 39.0. The molecule has 1 atom stereocenters. The maximum absolute atomic E-state index is 12.9. The molecule has 0 aromatic rings. The van der Waals surface area contributed by atoms with Crippen LogP contribution in [0.3, 0.4) is 0 Å². The lowest BCUT2D eigenvalue weighted by Gasteiger charge is -2.18. The number of hydrogen-bond donors (Lipinski definition) is 0. The third-order valence-electron chi connectivity index (χ3n) is 14.6. The molecule has 0 aromatic carbocycles. The smallest absolute Gasteiger partial charge is 0.306 e.